The van der Waals surface area contributed by atoms with Gasteiger partial charge >= 0.3 is 5.97 Å². The van der Waals surface area contributed by atoms with Crippen molar-refractivity contribution in [2.24, 2.45) is 5.92 Å². The first-order valence-corrected chi connectivity index (χ1v) is 7.62. The molecule has 5 heteroatoms. The van der Waals surface area contributed by atoms with Crippen LogP contribution in [0.15, 0.2) is 24.3 Å². The van der Waals surface area contributed by atoms with E-state index < -0.39 is 12.0 Å². The molecule has 0 spiro atoms. The Labute approximate surface area is 129 Å². The van der Waals surface area contributed by atoms with Gasteiger partial charge < -0.3 is 10.4 Å². The Bertz CT molecular complexity index is 569. The molecule has 5 nitrogen and oxygen atoms in total. The van der Waals surface area contributed by atoms with E-state index in [1.54, 1.807) is 24.3 Å². The van der Waals surface area contributed by atoms with E-state index in [9.17, 15) is 14.7 Å². The Morgan fingerprint density at radius 3 is 2.41 bits per heavy atom. The molecule has 0 bridgehead atoms. The van der Waals surface area contributed by atoms with Gasteiger partial charge in [0.15, 0.2) is 0 Å². The van der Waals surface area contributed by atoms with Crippen LogP contribution in [0, 0.1) is 17.2 Å². The molecule has 1 aliphatic carbocycles. The van der Waals surface area contributed by atoms with Gasteiger partial charge in [-0.05, 0) is 30.5 Å². The summed E-state index contributed by atoms with van der Waals surface area (Å²) in [5, 5.41) is 20.7. The molecule has 0 aromatic heterocycles. The molecule has 1 aromatic carbocycles. The number of amides is 1. The van der Waals surface area contributed by atoms with Crippen molar-refractivity contribution in [2.75, 3.05) is 0 Å². The lowest BCUT2D eigenvalue weighted by Crippen LogP contribution is -2.45. The second-order valence-electron chi connectivity index (χ2n) is 5.75. The van der Waals surface area contributed by atoms with Gasteiger partial charge in [-0.3, -0.25) is 4.79 Å². The van der Waals surface area contributed by atoms with Gasteiger partial charge in [0.05, 0.1) is 11.6 Å². The highest BCUT2D eigenvalue weighted by atomic mass is 16.4. The molecule has 1 aliphatic rings. The predicted molar refractivity (Wildman–Crippen MR) is 81.0 cm³/mol. The first-order valence-electron chi connectivity index (χ1n) is 7.62. The minimum absolute atomic E-state index is 0.0587. The maximum Gasteiger partial charge on any atom is 0.326 e. The summed E-state index contributed by atoms with van der Waals surface area (Å²) in [6.45, 7) is 0. The van der Waals surface area contributed by atoms with Crippen LogP contribution in [0.4, 0.5) is 0 Å². The third-order valence-electron chi connectivity index (χ3n) is 4.11. The van der Waals surface area contributed by atoms with Crippen molar-refractivity contribution in [2.45, 2.75) is 44.6 Å². The van der Waals surface area contributed by atoms with Crippen molar-refractivity contribution in [3.8, 4) is 6.07 Å². The van der Waals surface area contributed by atoms with Crippen molar-refractivity contribution < 1.29 is 14.7 Å². The SMILES string of the molecule is N#Cc1ccc(C[C@H](NC(=O)C2CCCCC2)C(=O)O)cc1. The fourth-order valence-electron chi connectivity index (χ4n) is 2.81. The van der Waals surface area contributed by atoms with Gasteiger partial charge in [0.25, 0.3) is 0 Å². The Morgan fingerprint density at radius 2 is 1.86 bits per heavy atom. The van der Waals surface area contributed by atoms with Gasteiger partial charge in [0, 0.05) is 12.3 Å². The summed E-state index contributed by atoms with van der Waals surface area (Å²) in [6, 6.07) is 7.84. The molecule has 116 valence electrons. The number of carbonyl (C=O) groups is 2. The van der Waals surface area contributed by atoms with E-state index in [0.717, 1.165) is 37.7 Å². The monoisotopic (exact) mass is 300 g/mol. The molecule has 22 heavy (non-hydrogen) atoms. The summed E-state index contributed by atoms with van der Waals surface area (Å²) in [5.74, 6) is -1.24. The van der Waals surface area contributed by atoms with Crippen molar-refractivity contribution >= 4 is 11.9 Å². The number of nitrogens with one attached hydrogen (secondary N) is 1. The number of nitrogens with zero attached hydrogens (tertiary/aromatic N) is 1. The average Bonchev–Trinajstić information content (AvgIpc) is 2.55. The molecular weight excluding hydrogens is 280 g/mol. The Hall–Kier alpha value is -2.35. The van der Waals surface area contributed by atoms with Gasteiger partial charge in [0.2, 0.25) is 5.91 Å². The quantitative estimate of drug-likeness (QED) is 0.872. The Balaban J connectivity index is 1.98. The lowest BCUT2D eigenvalue weighted by Gasteiger charge is -2.23. The molecule has 2 N–H and O–H groups in total. The zero-order valence-electron chi connectivity index (χ0n) is 12.4. The maximum absolute atomic E-state index is 12.2. The van der Waals surface area contributed by atoms with Crippen LogP contribution in [0.2, 0.25) is 0 Å². The highest BCUT2D eigenvalue weighted by Crippen LogP contribution is 2.23. The molecule has 0 unspecified atom stereocenters. The molecular formula is C17H20N2O3. The zero-order valence-corrected chi connectivity index (χ0v) is 12.4. The van der Waals surface area contributed by atoms with E-state index in [2.05, 4.69) is 5.32 Å². The lowest BCUT2D eigenvalue weighted by molar-refractivity contribution is -0.142. The van der Waals surface area contributed by atoms with Crippen LogP contribution in [0.25, 0.3) is 0 Å². The van der Waals surface area contributed by atoms with Crippen LogP contribution >= 0.6 is 0 Å². The number of nitriles is 1. The largest absolute Gasteiger partial charge is 0.480 e. The Kier molecular flexibility index (Phi) is 5.54. The van der Waals surface area contributed by atoms with E-state index >= 15 is 0 Å². The van der Waals surface area contributed by atoms with E-state index in [4.69, 9.17) is 5.26 Å². The third kappa shape index (κ3) is 4.32. The Morgan fingerprint density at radius 1 is 1.23 bits per heavy atom. The molecule has 1 aromatic rings. The molecule has 0 saturated heterocycles. The molecule has 1 atom stereocenters. The summed E-state index contributed by atoms with van der Waals surface area (Å²) in [4.78, 5) is 23.6. The highest BCUT2D eigenvalue weighted by Gasteiger charge is 2.26. The van der Waals surface area contributed by atoms with Gasteiger partial charge in [0.1, 0.15) is 6.04 Å². The van der Waals surface area contributed by atoms with Crippen molar-refractivity contribution in [3.05, 3.63) is 35.4 Å². The minimum Gasteiger partial charge on any atom is -0.480 e. The molecule has 1 amide bonds. The molecule has 0 heterocycles. The molecule has 0 radical (unpaired) electrons. The topological polar surface area (TPSA) is 90.2 Å². The maximum atomic E-state index is 12.2. The number of hydrogen-bond donors (Lipinski definition) is 2. The molecule has 1 saturated carbocycles. The number of carboxylic acids is 1. The van der Waals surface area contributed by atoms with Crippen molar-refractivity contribution in [1.29, 1.82) is 5.26 Å². The van der Waals surface area contributed by atoms with Crippen LogP contribution in [-0.4, -0.2) is 23.0 Å². The number of benzene rings is 1. The van der Waals surface area contributed by atoms with Crippen LogP contribution < -0.4 is 5.32 Å². The number of rotatable bonds is 5. The fraction of sp³-hybridized carbons (Fsp3) is 0.471. The summed E-state index contributed by atoms with van der Waals surface area (Å²) in [7, 11) is 0. The number of carboxylic acid groups (broad SMARTS) is 1. The minimum atomic E-state index is -1.03. The van der Waals surface area contributed by atoms with Crippen LogP contribution in [0.5, 0.6) is 0 Å². The van der Waals surface area contributed by atoms with Gasteiger partial charge in [-0.25, -0.2) is 4.79 Å². The predicted octanol–water partition coefficient (Wildman–Crippen LogP) is 2.25. The molecule has 0 aliphatic heterocycles. The molecule has 2 rings (SSSR count). The summed E-state index contributed by atoms with van der Waals surface area (Å²) >= 11 is 0. The van der Waals surface area contributed by atoms with Gasteiger partial charge in [-0.2, -0.15) is 5.26 Å². The third-order valence-corrected chi connectivity index (χ3v) is 4.11. The van der Waals surface area contributed by atoms with Crippen molar-refractivity contribution in [1.82, 2.24) is 5.32 Å². The van der Waals surface area contributed by atoms with Gasteiger partial charge in [-0.1, -0.05) is 31.4 Å². The standard InChI is InChI=1S/C17H20N2O3/c18-11-13-8-6-12(7-9-13)10-15(17(21)22)19-16(20)14-4-2-1-3-5-14/h6-9,14-15H,1-5,10H2,(H,19,20)(H,21,22)/t15-/m0/s1. The van der Waals surface area contributed by atoms with Crippen LogP contribution in [0.3, 0.4) is 0 Å². The fourth-order valence-corrected chi connectivity index (χ4v) is 2.81. The van der Waals surface area contributed by atoms with Crippen LogP contribution in [-0.2, 0) is 16.0 Å². The normalized spacial score (nSPS) is 16.5. The van der Waals surface area contributed by atoms with Crippen molar-refractivity contribution in [3.63, 3.8) is 0 Å². The highest BCUT2D eigenvalue weighted by molar-refractivity contribution is 5.85. The van der Waals surface area contributed by atoms with E-state index in [1.165, 1.54) is 0 Å². The van der Waals surface area contributed by atoms with E-state index in [0.29, 0.717) is 5.56 Å². The summed E-state index contributed by atoms with van der Waals surface area (Å²) in [5.41, 5.74) is 1.32. The van der Waals surface area contributed by atoms with E-state index in [1.807, 2.05) is 6.07 Å². The number of hydrogen-bond acceptors (Lipinski definition) is 3. The second kappa shape index (κ2) is 7.60. The summed E-state index contributed by atoms with van der Waals surface area (Å²) < 4.78 is 0. The van der Waals surface area contributed by atoms with Gasteiger partial charge in [-0.15, -0.1) is 0 Å². The average molecular weight is 300 g/mol. The smallest absolute Gasteiger partial charge is 0.326 e. The summed E-state index contributed by atoms with van der Waals surface area (Å²) in [6.07, 6.45) is 5.12. The van der Waals surface area contributed by atoms with E-state index in [-0.39, 0.29) is 18.2 Å². The first kappa shape index (κ1) is 16.0. The lowest BCUT2D eigenvalue weighted by atomic mass is 9.88. The second-order valence-corrected chi connectivity index (χ2v) is 5.75. The number of aliphatic carboxylic acids is 1. The zero-order chi connectivity index (χ0) is 15.9. The van der Waals surface area contributed by atoms with Crippen LogP contribution in [0.1, 0.15) is 43.2 Å². The number of carbonyl (C=O) groups excluding carboxylic acids is 1. The molecule has 1 fully saturated rings. The first-order chi connectivity index (χ1) is 10.6.